The molecule has 0 amide bonds. The van der Waals surface area contributed by atoms with Gasteiger partial charge in [0.25, 0.3) is 0 Å². The predicted octanol–water partition coefficient (Wildman–Crippen LogP) is -0.370. The lowest BCUT2D eigenvalue weighted by atomic mass is 10.2. The van der Waals surface area contributed by atoms with Gasteiger partial charge in [0.05, 0.1) is 24.5 Å². The van der Waals surface area contributed by atoms with Crippen LogP contribution in [0.15, 0.2) is 0 Å². The van der Waals surface area contributed by atoms with Gasteiger partial charge >= 0.3 is 0 Å². The molecule has 7 heteroatoms. The molecule has 1 aromatic heterocycles. The zero-order valence-electron chi connectivity index (χ0n) is 9.97. The van der Waals surface area contributed by atoms with Crippen LogP contribution in [0.5, 0.6) is 0 Å². The van der Waals surface area contributed by atoms with Crippen molar-refractivity contribution in [2.45, 2.75) is 20.0 Å². The Bertz CT molecular complexity index is 435. The van der Waals surface area contributed by atoms with Crippen LogP contribution in [0.4, 0.5) is 5.95 Å². The van der Waals surface area contributed by atoms with Crippen molar-refractivity contribution in [1.29, 1.82) is 5.41 Å². The fourth-order valence-corrected chi connectivity index (χ4v) is 1.60. The van der Waals surface area contributed by atoms with Gasteiger partial charge in [0.15, 0.2) is 0 Å². The van der Waals surface area contributed by atoms with E-state index in [9.17, 15) is 0 Å². The number of hydrogen-bond donors (Lipinski definition) is 2. The number of nitrogens with one attached hydrogen (secondary N) is 1. The van der Waals surface area contributed by atoms with Crippen LogP contribution < -0.4 is 10.6 Å². The number of aryl methyl sites for hydroxylation is 2. The predicted molar refractivity (Wildman–Crippen MR) is 63.2 cm³/mol. The third-order valence-electron chi connectivity index (χ3n) is 2.78. The first-order valence-electron chi connectivity index (χ1n) is 5.46. The molecular weight excluding hydrogens is 220 g/mol. The lowest BCUT2D eigenvalue weighted by molar-refractivity contribution is 0.0819. The first-order chi connectivity index (χ1) is 8.08. The Labute approximate surface area is 99.5 Å². The van der Waals surface area contributed by atoms with Crippen molar-refractivity contribution in [3.8, 4) is 0 Å². The maximum Gasteiger partial charge on any atom is 0.245 e. The van der Waals surface area contributed by atoms with E-state index in [1.807, 2.05) is 18.7 Å². The highest BCUT2D eigenvalue weighted by Gasteiger charge is 2.24. The number of rotatable bonds is 2. The molecule has 92 valence electrons. The first kappa shape index (κ1) is 11.7. The van der Waals surface area contributed by atoms with Crippen molar-refractivity contribution < 1.29 is 4.74 Å². The van der Waals surface area contributed by atoms with E-state index in [1.165, 1.54) is 0 Å². The number of morpholine rings is 1. The Hall–Kier alpha value is -1.76. The molecule has 2 heterocycles. The summed E-state index contributed by atoms with van der Waals surface area (Å²) in [7, 11) is 0. The second-order valence-electron chi connectivity index (χ2n) is 4.04. The van der Waals surface area contributed by atoms with Crippen LogP contribution in [0.3, 0.4) is 0 Å². The standard InChI is InChI=1S/C10H16N6O/c1-6-7(2)14-15-10(13-6)16-3-4-17-8(5-16)9(11)12/h8H,3-5H2,1-2H3,(H3,11,12). The van der Waals surface area contributed by atoms with Gasteiger partial charge in [0.2, 0.25) is 5.95 Å². The Morgan fingerprint density at radius 2 is 2.18 bits per heavy atom. The van der Waals surface area contributed by atoms with Gasteiger partial charge in [-0.1, -0.05) is 0 Å². The summed E-state index contributed by atoms with van der Waals surface area (Å²) in [6.07, 6.45) is -0.381. The number of amidine groups is 1. The smallest absolute Gasteiger partial charge is 0.245 e. The number of nitrogens with two attached hydrogens (primary N) is 1. The highest BCUT2D eigenvalue weighted by molar-refractivity contribution is 5.82. The number of hydrogen-bond acceptors (Lipinski definition) is 6. The summed E-state index contributed by atoms with van der Waals surface area (Å²) in [4.78, 5) is 6.32. The van der Waals surface area contributed by atoms with Gasteiger partial charge in [-0.2, -0.15) is 5.10 Å². The van der Waals surface area contributed by atoms with E-state index in [2.05, 4.69) is 15.2 Å². The van der Waals surface area contributed by atoms with Gasteiger partial charge in [-0.05, 0) is 13.8 Å². The van der Waals surface area contributed by atoms with Crippen LogP contribution in [-0.2, 0) is 4.74 Å². The monoisotopic (exact) mass is 236 g/mol. The molecule has 0 aromatic carbocycles. The SMILES string of the molecule is Cc1nnc(N2CCOC(C(=N)N)C2)nc1C. The molecule has 17 heavy (non-hydrogen) atoms. The Balaban J connectivity index is 2.16. The zero-order chi connectivity index (χ0) is 12.4. The molecule has 0 radical (unpaired) electrons. The third-order valence-corrected chi connectivity index (χ3v) is 2.78. The van der Waals surface area contributed by atoms with Crippen LogP contribution in [0.25, 0.3) is 0 Å². The average molecular weight is 236 g/mol. The molecule has 1 aromatic rings. The minimum Gasteiger partial charge on any atom is -0.385 e. The van der Waals surface area contributed by atoms with Crippen molar-refractivity contribution in [3.63, 3.8) is 0 Å². The first-order valence-corrected chi connectivity index (χ1v) is 5.46. The summed E-state index contributed by atoms with van der Waals surface area (Å²) in [6, 6.07) is 0. The molecule has 3 N–H and O–H groups in total. The Morgan fingerprint density at radius 3 is 2.82 bits per heavy atom. The quantitative estimate of drug-likeness (QED) is 0.536. The van der Waals surface area contributed by atoms with E-state index < -0.39 is 0 Å². The number of aromatic nitrogens is 3. The summed E-state index contributed by atoms with van der Waals surface area (Å²) in [5.74, 6) is 0.606. The normalized spacial score (nSPS) is 20.4. The van der Waals surface area contributed by atoms with Crippen molar-refractivity contribution in [1.82, 2.24) is 15.2 Å². The summed E-state index contributed by atoms with van der Waals surface area (Å²) in [5.41, 5.74) is 7.12. The van der Waals surface area contributed by atoms with Gasteiger partial charge in [-0.3, -0.25) is 5.41 Å². The third kappa shape index (κ3) is 2.50. The van der Waals surface area contributed by atoms with Crippen LogP contribution in [0.2, 0.25) is 0 Å². The molecule has 1 saturated heterocycles. The Morgan fingerprint density at radius 1 is 1.41 bits per heavy atom. The van der Waals surface area contributed by atoms with Crippen molar-refractivity contribution in [2.24, 2.45) is 5.73 Å². The summed E-state index contributed by atoms with van der Waals surface area (Å²) < 4.78 is 5.38. The molecule has 2 rings (SSSR count). The van der Waals surface area contributed by atoms with Crippen LogP contribution in [0.1, 0.15) is 11.4 Å². The molecule has 0 bridgehead atoms. The van der Waals surface area contributed by atoms with Gasteiger partial charge in [-0.25, -0.2) is 4.98 Å². The van der Waals surface area contributed by atoms with Crippen LogP contribution in [0, 0.1) is 19.3 Å². The number of anilines is 1. The molecule has 1 aliphatic rings. The zero-order valence-corrected chi connectivity index (χ0v) is 9.97. The molecule has 7 nitrogen and oxygen atoms in total. The summed E-state index contributed by atoms with van der Waals surface area (Å²) in [6.45, 7) is 5.47. The van der Waals surface area contributed by atoms with E-state index in [-0.39, 0.29) is 11.9 Å². The highest BCUT2D eigenvalue weighted by atomic mass is 16.5. The Kier molecular flexibility index (Phi) is 3.19. The molecule has 1 aliphatic heterocycles. The van der Waals surface area contributed by atoms with Crippen molar-refractivity contribution in [2.75, 3.05) is 24.6 Å². The summed E-state index contributed by atoms with van der Waals surface area (Å²) >= 11 is 0. The van der Waals surface area contributed by atoms with E-state index >= 15 is 0 Å². The second-order valence-corrected chi connectivity index (χ2v) is 4.04. The van der Waals surface area contributed by atoms with E-state index in [0.29, 0.717) is 25.6 Å². The van der Waals surface area contributed by atoms with Crippen molar-refractivity contribution >= 4 is 11.8 Å². The fourth-order valence-electron chi connectivity index (χ4n) is 1.60. The molecule has 0 aliphatic carbocycles. The van der Waals surface area contributed by atoms with Crippen molar-refractivity contribution in [3.05, 3.63) is 11.4 Å². The van der Waals surface area contributed by atoms with Gasteiger partial charge in [0, 0.05) is 6.54 Å². The largest absolute Gasteiger partial charge is 0.385 e. The molecule has 1 atom stereocenters. The minimum atomic E-state index is -0.381. The van der Waals surface area contributed by atoms with E-state index in [4.69, 9.17) is 15.9 Å². The lowest BCUT2D eigenvalue weighted by Crippen LogP contribution is -2.48. The fraction of sp³-hybridized carbons (Fsp3) is 0.600. The molecular formula is C10H16N6O. The molecule has 0 saturated carbocycles. The average Bonchev–Trinajstić information content (AvgIpc) is 2.33. The maximum atomic E-state index is 7.39. The van der Waals surface area contributed by atoms with E-state index in [1.54, 1.807) is 0 Å². The highest BCUT2D eigenvalue weighted by Crippen LogP contribution is 2.13. The second kappa shape index (κ2) is 4.62. The molecule has 1 fully saturated rings. The van der Waals surface area contributed by atoms with Gasteiger partial charge in [-0.15, -0.1) is 5.10 Å². The number of nitrogens with zero attached hydrogens (tertiary/aromatic N) is 4. The van der Waals surface area contributed by atoms with Gasteiger partial charge in [0.1, 0.15) is 11.9 Å². The maximum absolute atomic E-state index is 7.39. The van der Waals surface area contributed by atoms with E-state index in [0.717, 1.165) is 11.4 Å². The number of ether oxygens (including phenoxy) is 1. The topological polar surface area (TPSA) is 101 Å². The van der Waals surface area contributed by atoms with Crippen LogP contribution in [-0.4, -0.2) is 46.8 Å². The lowest BCUT2D eigenvalue weighted by Gasteiger charge is -2.32. The molecule has 1 unspecified atom stereocenters. The van der Waals surface area contributed by atoms with Gasteiger partial charge < -0.3 is 15.4 Å². The summed E-state index contributed by atoms with van der Waals surface area (Å²) in [5, 5.41) is 15.5. The minimum absolute atomic E-state index is 0.0338. The van der Waals surface area contributed by atoms with Crippen LogP contribution >= 0.6 is 0 Å². The molecule has 0 spiro atoms.